The van der Waals surface area contributed by atoms with Crippen molar-refractivity contribution >= 4 is 5.78 Å². The molecule has 14 heavy (non-hydrogen) atoms. The maximum Gasteiger partial charge on any atom is 0.252 e. The molecule has 0 radical (unpaired) electrons. The zero-order valence-corrected chi connectivity index (χ0v) is 7.93. The van der Waals surface area contributed by atoms with Crippen LogP contribution in [-0.2, 0) is 0 Å². The van der Waals surface area contributed by atoms with E-state index in [2.05, 4.69) is 15.1 Å². The van der Waals surface area contributed by atoms with Crippen molar-refractivity contribution < 1.29 is 0 Å². The molecule has 1 aliphatic rings. The average Bonchev–Trinajstić information content (AvgIpc) is 2.86. The molecule has 0 saturated heterocycles. The van der Waals surface area contributed by atoms with Gasteiger partial charge in [0, 0.05) is 18.3 Å². The summed E-state index contributed by atoms with van der Waals surface area (Å²) in [7, 11) is 0. The van der Waals surface area contributed by atoms with E-state index in [9.17, 15) is 0 Å². The lowest BCUT2D eigenvalue weighted by Gasteiger charge is -1.99. The molecular formula is C10H12N4. The van der Waals surface area contributed by atoms with Crippen LogP contribution in [0.1, 0.15) is 37.4 Å². The second-order valence-corrected chi connectivity index (χ2v) is 3.82. The molecule has 1 aliphatic carbocycles. The van der Waals surface area contributed by atoms with E-state index in [1.807, 2.05) is 12.3 Å². The SMILES string of the molecule is c1cnc2nc(C3CCCC3)nn2c1. The zero-order chi connectivity index (χ0) is 9.38. The average molecular weight is 188 g/mol. The molecule has 0 aliphatic heterocycles. The molecule has 1 saturated carbocycles. The van der Waals surface area contributed by atoms with Gasteiger partial charge in [0.2, 0.25) is 0 Å². The van der Waals surface area contributed by atoms with Gasteiger partial charge in [0.05, 0.1) is 0 Å². The summed E-state index contributed by atoms with van der Waals surface area (Å²) in [5.74, 6) is 2.26. The van der Waals surface area contributed by atoms with Crippen LogP contribution in [0.25, 0.3) is 5.78 Å². The third kappa shape index (κ3) is 1.18. The fourth-order valence-corrected chi connectivity index (χ4v) is 2.11. The van der Waals surface area contributed by atoms with Gasteiger partial charge in [0.25, 0.3) is 5.78 Å². The zero-order valence-electron chi connectivity index (χ0n) is 7.93. The summed E-state index contributed by atoms with van der Waals surface area (Å²) < 4.78 is 1.76. The van der Waals surface area contributed by atoms with Gasteiger partial charge in [0.1, 0.15) is 0 Å². The molecule has 0 N–H and O–H groups in total. The number of nitrogens with zero attached hydrogens (tertiary/aromatic N) is 4. The van der Waals surface area contributed by atoms with Gasteiger partial charge in [-0.15, -0.1) is 5.10 Å². The first kappa shape index (κ1) is 7.91. The predicted octanol–water partition coefficient (Wildman–Crippen LogP) is 1.78. The molecule has 2 aromatic heterocycles. The Morgan fingerprint density at radius 2 is 2.14 bits per heavy atom. The lowest BCUT2D eigenvalue weighted by Crippen LogP contribution is -1.95. The van der Waals surface area contributed by atoms with Crippen molar-refractivity contribution in [1.29, 1.82) is 0 Å². The molecule has 0 bridgehead atoms. The molecule has 0 spiro atoms. The van der Waals surface area contributed by atoms with E-state index in [-0.39, 0.29) is 0 Å². The smallest absolute Gasteiger partial charge is 0.220 e. The number of fused-ring (bicyclic) bond motifs is 1. The molecule has 0 aromatic carbocycles. The lowest BCUT2D eigenvalue weighted by molar-refractivity contribution is 0.666. The van der Waals surface area contributed by atoms with Gasteiger partial charge < -0.3 is 0 Å². The standard InChI is InChI=1S/C10H12N4/c1-2-5-8(4-1)9-12-10-11-6-3-7-14(10)13-9/h3,6-8H,1-2,4-5H2. The Labute approximate surface area is 82.0 Å². The summed E-state index contributed by atoms with van der Waals surface area (Å²) in [4.78, 5) is 8.60. The third-order valence-electron chi connectivity index (χ3n) is 2.85. The highest BCUT2D eigenvalue weighted by molar-refractivity contribution is 5.26. The Balaban J connectivity index is 2.05. The molecule has 2 aromatic rings. The number of aromatic nitrogens is 4. The largest absolute Gasteiger partial charge is 0.252 e. The minimum atomic E-state index is 0.566. The van der Waals surface area contributed by atoms with Crippen molar-refractivity contribution in [2.75, 3.05) is 0 Å². The third-order valence-corrected chi connectivity index (χ3v) is 2.85. The Morgan fingerprint density at radius 1 is 1.29 bits per heavy atom. The Hall–Kier alpha value is -1.45. The summed E-state index contributed by atoms with van der Waals surface area (Å²) in [6, 6.07) is 1.88. The monoisotopic (exact) mass is 188 g/mol. The Kier molecular flexibility index (Phi) is 1.72. The van der Waals surface area contributed by atoms with E-state index in [0.29, 0.717) is 5.92 Å². The quantitative estimate of drug-likeness (QED) is 0.685. The fourth-order valence-electron chi connectivity index (χ4n) is 2.11. The van der Waals surface area contributed by atoms with Crippen molar-refractivity contribution in [2.24, 2.45) is 0 Å². The van der Waals surface area contributed by atoms with Crippen molar-refractivity contribution in [3.8, 4) is 0 Å². The minimum absolute atomic E-state index is 0.566. The summed E-state index contributed by atoms with van der Waals surface area (Å²) in [5, 5.41) is 4.44. The molecule has 0 atom stereocenters. The maximum absolute atomic E-state index is 4.44. The van der Waals surface area contributed by atoms with E-state index in [1.165, 1.54) is 25.7 Å². The van der Waals surface area contributed by atoms with E-state index in [0.717, 1.165) is 11.6 Å². The van der Waals surface area contributed by atoms with Crippen molar-refractivity contribution in [2.45, 2.75) is 31.6 Å². The van der Waals surface area contributed by atoms with Crippen LogP contribution in [0, 0.1) is 0 Å². The Morgan fingerprint density at radius 3 is 2.93 bits per heavy atom. The van der Waals surface area contributed by atoms with Gasteiger partial charge in [-0.3, -0.25) is 0 Å². The maximum atomic E-state index is 4.44. The van der Waals surface area contributed by atoms with Gasteiger partial charge in [-0.1, -0.05) is 12.8 Å². The number of hydrogen-bond donors (Lipinski definition) is 0. The number of rotatable bonds is 1. The molecule has 0 unspecified atom stereocenters. The minimum Gasteiger partial charge on any atom is -0.220 e. The van der Waals surface area contributed by atoms with Crippen molar-refractivity contribution in [1.82, 2.24) is 19.6 Å². The molecular weight excluding hydrogens is 176 g/mol. The van der Waals surface area contributed by atoms with Crippen LogP contribution in [0.5, 0.6) is 0 Å². The Bertz CT molecular complexity index is 409. The van der Waals surface area contributed by atoms with E-state index < -0.39 is 0 Å². The van der Waals surface area contributed by atoms with Crippen molar-refractivity contribution in [3.05, 3.63) is 24.3 Å². The van der Waals surface area contributed by atoms with Crippen LogP contribution < -0.4 is 0 Å². The highest BCUT2D eigenvalue weighted by Crippen LogP contribution is 2.31. The summed E-state index contributed by atoms with van der Waals surface area (Å²) in [6.45, 7) is 0. The molecule has 4 heteroatoms. The van der Waals surface area contributed by atoms with Gasteiger partial charge in [-0.25, -0.2) is 9.50 Å². The summed E-state index contributed by atoms with van der Waals surface area (Å²) in [6.07, 6.45) is 8.74. The van der Waals surface area contributed by atoms with E-state index in [1.54, 1.807) is 10.7 Å². The number of hydrogen-bond acceptors (Lipinski definition) is 3. The van der Waals surface area contributed by atoms with Gasteiger partial charge in [-0.05, 0) is 18.9 Å². The van der Waals surface area contributed by atoms with Crippen LogP contribution in [-0.4, -0.2) is 19.6 Å². The topological polar surface area (TPSA) is 43.1 Å². The van der Waals surface area contributed by atoms with Crippen LogP contribution in [0.15, 0.2) is 18.5 Å². The van der Waals surface area contributed by atoms with Crippen molar-refractivity contribution in [3.63, 3.8) is 0 Å². The lowest BCUT2D eigenvalue weighted by atomic mass is 10.1. The summed E-state index contributed by atoms with van der Waals surface area (Å²) >= 11 is 0. The van der Waals surface area contributed by atoms with E-state index in [4.69, 9.17) is 0 Å². The molecule has 0 amide bonds. The van der Waals surface area contributed by atoms with Gasteiger partial charge in [0.15, 0.2) is 5.82 Å². The van der Waals surface area contributed by atoms with Crippen LogP contribution in [0.3, 0.4) is 0 Å². The predicted molar refractivity (Wildman–Crippen MR) is 52.0 cm³/mol. The van der Waals surface area contributed by atoms with E-state index >= 15 is 0 Å². The van der Waals surface area contributed by atoms with Gasteiger partial charge >= 0.3 is 0 Å². The highest BCUT2D eigenvalue weighted by Gasteiger charge is 2.21. The molecule has 1 fully saturated rings. The highest BCUT2D eigenvalue weighted by atomic mass is 15.3. The second kappa shape index (κ2) is 3.04. The molecule has 2 heterocycles. The van der Waals surface area contributed by atoms with Crippen LogP contribution in [0.4, 0.5) is 0 Å². The first-order chi connectivity index (χ1) is 6.93. The first-order valence-corrected chi connectivity index (χ1v) is 5.11. The van der Waals surface area contributed by atoms with Gasteiger partial charge in [-0.2, -0.15) is 4.98 Å². The van der Waals surface area contributed by atoms with Crippen LogP contribution in [0.2, 0.25) is 0 Å². The normalized spacial score (nSPS) is 18.0. The first-order valence-electron chi connectivity index (χ1n) is 5.11. The molecule has 3 rings (SSSR count). The second-order valence-electron chi connectivity index (χ2n) is 3.82. The van der Waals surface area contributed by atoms with Crippen LogP contribution >= 0.6 is 0 Å². The fraction of sp³-hybridized carbons (Fsp3) is 0.500. The molecule has 4 nitrogen and oxygen atoms in total. The summed E-state index contributed by atoms with van der Waals surface area (Å²) in [5.41, 5.74) is 0. The molecule has 72 valence electrons.